The zero-order valence-electron chi connectivity index (χ0n) is 12.4. The number of para-hydroxylation sites is 2. The molecule has 114 valence electrons. The number of imide groups is 1. The van der Waals surface area contributed by atoms with Gasteiger partial charge in [0, 0.05) is 0 Å². The molecule has 21 heavy (non-hydrogen) atoms. The van der Waals surface area contributed by atoms with Crippen LogP contribution in [0.15, 0.2) is 24.3 Å². The van der Waals surface area contributed by atoms with Gasteiger partial charge in [-0.15, -0.1) is 0 Å². The first kappa shape index (κ1) is 15.2. The highest BCUT2D eigenvalue weighted by atomic mass is 16.6. The predicted molar refractivity (Wildman–Crippen MR) is 75.3 cm³/mol. The minimum absolute atomic E-state index is 0.131. The monoisotopic (exact) mass is 293 g/mol. The van der Waals surface area contributed by atoms with Crippen molar-refractivity contribution in [2.24, 2.45) is 5.92 Å². The number of carbonyl (C=O) groups is 2. The van der Waals surface area contributed by atoms with E-state index in [4.69, 9.17) is 14.2 Å². The van der Waals surface area contributed by atoms with E-state index >= 15 is 0 Å². The number of carbonyl (C=O) groups excluding carboxylic acids is 2. The largest absolute Gasteiger partial charge is 0.493 e. The highest BCUT2D eigenvalue weighted by Gasteiger charge is 2.39. The van der Waals surface area contributed by atoms with Gasteiger partial charge in [0.25, 0.3) is 5.91 Å². The number of ether oxygens (including phenoxy) is 3. The van der Waals surface area contributed by atoms with Crippen molar-refractivity contribution in [3.05, 3.63) is 24.3 Å². The molecule has 0 aromatic heterocycles. The quantitative estimate of drug-likeness (QED) is 0.831. The lowest BCUT2D eigenvalue weighted by Gasteiger charge is -2.22. The summed E-state index contributed by atoms with van der Waals surface area (Å²) >= 11 is 0. The molecule has 6 heteroatoms. The van der Waals surface area contributed by atoms with E-state index in [0.717, 1.165) is 4.90 Å². The third-order valence-corrected chi connectivity index (χ3v) is 3.36. The topological polar surface area (TPSA) is 65.1 Å². The Kier molecular flexibility index (Phi) is 4.67. The number of cyclic esters (lactones) is 1. The maximum Gasteiger partial charge on any atom is 0.417 e. The number of methoxy groups -OCH3 is 1. The first-order chi connectivity index (χ1) is 10.0. The van der Waals surface area contributed by atoms with Gasteiger partial charge in [-0.25, -0.2) is 9.69 Å². The molecule has 1 aliphatic heterocycles. The molecule has 0 N–H and O–H groups in total. The second kappa shape index (κ2) is 6.47. The van der Waals surface area contributed by atoms with Crippen LogP contribution in [0, 0.1) is 5.92 Å². The third kappa shape index (κ3) is 3.26. The summed E-state index contributed by atoms with van der Waals surface area (Å²) in [6.45, 7) is 3.87. The maximum absolute atomic E-state index is 12.2. The van der Waals surface area contributed by atoms with E-state index in [0.29, 0.717) is 11.5 Å². The van der Waals surface area contributed by atoms with Crippen LogP contribution in [0.25, 0.3) is 0 Å². The number of benzene rings is 1. The number of rotatable bonds is 5. The lowest BCUT2D eigenvalue weighted by atomic mass is 10.0. The summed E-state index contributed by atoms with van der Waals surface area (Å²) in [6.07, 6.45) is -0.609. The van der Waals surface area contributed by atoms with Gasteiger partial charge in [-0.05, 0) is 18.1 Å². The molecule has 2 amide bonds. The average Bonchev–Trinajstić information content (AvgIpc) is 2.87. The number of hydrogen-bond donors (Lipinski definition) is 0. The van der Waals surface area contributed by atoms with Crippen LogP contribution in [-0.4, -0.2) is 43.3 Å². The summed E-state index contributed by atoms with van der Waals surface area (Å²) in [5.41, 5.74) is 0. The van der Waals surface area contributed by atoms with Gasteiger partial charge in [0.2, 0.25) is 0 Å². The van der Waals surface area contributed by atoms with Gasteiger partial charge in [-0.3, -0.25) is 4.79 Å². The Morgan fingerprint density at radius 3 is 2.67 bits per heavy atom. The van der Waals surface area contributed by atoms with Gasteiger partial charge in [-0.2, -0.15) is 0 Å². The Labute approximate surface area is 123 Å². The average molecular weight is 293 g/mol. The lowest BCUT2D eigenvalue weighted by Crippen LogP contribution is -2.44. The van der Waals surface area contributed by atoms with E-state index in [1.165, 1.54) is 7.11 Å². The van der Waals surface area contributed by atoms with Gasteiger partial charge in [0.05, 0.1) is 13.2 Å². The molecule has 0 aliphatic carbocycles. The Bertz CT molecular complexity index is 529. The van der Waals surface area contributed by atoms with Crippen LogP contribution in [0.1, 0.15) is 13.8 Å². The van der Waals surface area contributed by atoms with Crippen molar-refractivity contribution < 1.29 is 23.8 Å². The zero-order chi connectivity index (χ0) is 15.4. The van der Waals surface area contributed by atoms with E-state index in [2.05, 4.69) is 0 Å². The molecular formula is C15H19NO5. The summed E-state index contributed by atoms with van der Waals surface area (Å²) < 4.78 is 15.5. The van der Waals surface area contributed by atoms with Crippen LogP contribution in [-0.2, 0) is 9.53 Å². The molecule has 1 aliphatic rings. The second-order valence-electron chi connectivity index (χ2n) is 5.09. The summed E-state index contributed by atoms with van der Waals surface area (Å²) in [5.74, 6) is 0.713. The lowest BCUT2D eigenvalue weighted by molar-refractivity contribution is -0.131. The van der Waals surface area contributed by atoms with E-state index < -0.39 is 12.0 Å². The molecule has 1 fully saturated rings. The Balaban J connectivity index is 2.02. The van der Waals surface area contributed by atoms with Crippen molar-refractivity contribution >= 4 is 12.0 Å². The van der Waals surface area contributed by atoms with Crippen LogP contribution in [0.3, 0.4) is 0 Å². The summed E-state index contributed by atoms with van der Waals surface area (Å²) in [5, 5.41) is 0. The Morgan fingerprint density at radius 2 is 2.05 bits per heavy atom. The van der Waals surface area contributed by atoms with Gasteiger partial charge in [0.15, 0.2) is 18.1 Å². The van der Waals surface area contributed by atoms with Gasteiger partial charge < -0.3 is 14.2 Å². The SMILES string of the molecule is COc1ccccc1OCC(=O)N1C(=O)OC[C@@H]1C(C)C. The highest BCUT2D eigenvalue weighted by Crippen LogP contribution is 2.26. The molecule has 0 spiro atoms. The Morgan fingerprint density at radius 1 is 1.38 bits per heavy atom. The third-order valence-electron chi connectivity index (χ3n) is 3.36. The molecular weight excluding hydrogens is 274 g/mol. The number of amides is 2. The first-order valence-corrected chi connectivity index (χ1v) is 6.79. The van der Waals surface area contributed by atoms with Gasteiger partial charge in [-0.1, -0.05) is 26.0 Å². The van der Waals surface area contributed by atoms with E-state index in [1.54, 1.807) is 24.3 Å². The van der Waals surface area contributed by atoms with Crippen molar-refractivity contribution in [3.63, 3.8) is 0 Å². The molecule has 1 aromatic carbocycles. The van der Waals surface area contributed by atoms with Crippen molar-refractivity contribution in [1.29, 1.82) is 0 Å². The minimum atomic E-state index is -0.609. The van der Waals surface area contributed by atoms with Gasteiger partial charge in [0.1, 0.15) is 6.61 Å². The molecule has 1 heterocycles. The summed E-state index contributed by atoms with van der Waals surface area (Å²) in [4.78, 5) is 25.0. The fourth-order valence-electron chi connectivity index (χ4n) is 2.16. The zero-order valence-corrected chi connectivity index (χ0v) is 12.4. The molecule has 0 saturated carbocycles. The molecule has 1 saturated heterocycles. The van der Waals surface area contributed by atoms with Crippen LogP contribution in [0.4, 0.5) is 4.79 Å². The molecule has 0 radical (unpaired) electrons. The molecule has 2 rings (SSSR count). The van der Waals surface area contributed by atoms with E-state index in [9.17, 15) is 9.59 Å². The molecule has 6 nitrogen and oxygen atoms in total. The first-order valence-electron chi connectivity index (χ1n) is 6.79. The van der Waals surface area contributed by atoms with Crippen LogP contribution < -0.4 is 9.47 Å². The molecule has 1 aromatic rings. The predicted octanol–water partition coefficient (Wildman–Crippen LogP) is 2.08. The number of hydrogen-bond acceptors (Lipinski definition) is 5. The van der Waals surface area contributed by atoms with Crippen molar-refractivity contribution in [2.75, 3.05) is 20.3 Å². The van der Waals surface area contributed by atoms with Crippen molar-refractivity contribution in [3.8, 4) is 11.5 Å². The van der Waals surface area contributed by atoms with Crippen LogP contribution in [0.2, 0.25) is 0 Å². The van der Waals surface area contributed by atoms with Crippen molar-refractivity contribution in [1.82, 2.24) is 4.90 Å². The molecule has 0 bridgehead atoms. The smallest absolute Gasteiger partial charge is 0.417 e. The molecule has 1 atom stereocenters. The van der Waals surface area contributed by atoms with Crippen LogP contribution in [0.5, 0.6) is 11.5 Å². The van der Waals surface area contributed by atoms with E-state index in [-0.39, 0.29) is 25.2 Å². The van der Waals surface area contributed by atoms with Gasteiger partial charge >= 0.3 is 6.09 Å². The van der Waals surface area contributed by atoms with E-state index in [1.807, 2.05) is 13.8 Å². The fraction of sp³-hybridized carbons (Fsp3) is 0.467. The summed E-state index contributed by atoms with van der Waals surface area (Å²) in [6, 6.07) is 6.78. The standard InChI is InChI=1S/C15H19NO5/c1-10(2)11-8-21-15(18)16(11)14(17)9-20-13-7-5-4-6-12(13)19-3/h4-7,10-11H,8-9H2,1-3H3/t11-/m1/s1. The summed E-state index contributed by atoms with van der Waals surface area (Å²) in [7, 11) is 1.52. The fourth-order valence-corrected chi connectivity index (χ4v) is 2.16. The second-order valence-corrected chi connectivity index (χ2v) is 5.09. The number of nitrogens with zero attached hydrogens (tertiary/aromatic N) is 1. The molecule has 0 unspecified atom stereocenters. The van der Waals surface area contributed by atoms with Crippen LogP contribution >= 0.6 is 0 Å². The highest BCUT2D eigenvalue weighted by molar-refractivity contribution is 5.94. The normalized spacial score (nSPS) is 17.8. The minimum Gasteiger partial charge on any atom is -0.493 e. The van der Waals surface area contributed by atoms with Crippen molar-refractivity contribution in [2.45, 2.75) is 19.9 Å². The maximum atomic E-state index is 12.2. The Hall–Kier alpha value is -2.24.